The second kappa shape index (κ2) is 14.5. The lowest BCUT2D eigenvalue weighted by atomic mass is 9.80. The van der Waals surface area contributed by atoms with E-state index in [1.54, 1.807) is 0 Å². The van der Waals surface area contributed by atoms with E-state index in [0.717, 1.165) is 27.8 Å². The lowest BCUT2D eigenvalue weighted by Crippen LogP contribution is -2.46. The van der Waals surface area contributed by atoms with Crippen molar-refractivity contribution in [2.45, 2.75) is 31.0 Å². The van der Waals surface area contributed by atoms with Crippen molar-refractivity contribution in [3.8, 4) is 0 Å². The molecule has 0 saturated heterocycles. The van der Waals surface area contributed by atoms with Gasteiger partial charge < -0.3 is 19.9 Å². The SMILES string of the molecule is N[C@@H](COC(c1ccccc1)(c1ccccc1)c1ccccc1)[C@@H](COCc1ccccc1)OCc1ccccc1. The average molecular weight is 544 g/mol. The molecule has 2 N–H and O–H groups in total. The highest BCUT2D eigenvalue weighted by Gasteiger charge is 2.38. The molecule has 5 aromatic rings. The zero-order valence-electron chi connectivity index (χ0n) is 23.2. The minimum Gasteiger partial charge on any atom is -0.374 e. The summed E-state index contributed by atoms with van der Waals surface area (Å²) in [5.41, 5.74) is 11.3. The predicted octanol–water partition coefficient (Wildman–Crippen LogP) is 7.12. The summed E-state index contributed by atoms with van der Waals surface area (Å²) in [7, 11) is 0. The number of hydrogen-bond acceptors (Lipinski definition) is 4. The molecule has 5 rings (SSSR count). The monoisotopic (exact) mass is 543 g/mol. The quantitative estimate of drug-likeness (QED) is 0.152. The van der Waals surface area contributed by atoms with E-state index in [9.17, 15) is 0 Å². The Hall–Kier alpha value is -4.06. The van der Waals surface area contributed by atoms with E-state index in [-0.39, 0.29) is 12.7 Å². The van der Waals surface area contributed by atoms with Crippen LogP contribution in [0.4, 0.5) is 0 Å². The summed E-state index contributed by atoms with van der Waals surface area (Å²) >= 11 is 0. The van der Waals surface area contributed by atoms with Crippen LogP contribution in [0.25, 0.3) is 0 Å². The Morgan fingerprint density at radius 2 is 0.878 bits per heavy atom. The van der Waals surface area contributed by atoms with Gasteiger partial charge in [-0.15, -0.1) is 0 Å². The van der Waals surface area contributed by atoms with Crippen molar-refractivity contribution >= 4 is 0 Å². The molecule has 2 atom stereocenters. The van der Waals surface area contributed by atoms with Crippen LogP contribution in [-0.4, -0.2) is 25.4 Å². The van der Waals surface area contributed by atoms with Crippen LogP contribution in [0.5, 0.6) is 0 Å². The lowest BCUT2D eigenvalue weighted by Gasteiger charge is -2.37. The fraction of sp³-hybridized carbons (Fsp3) is 0.189. The smallest absolute Gasteiger partial charge is 0.143 e. The Bertz CT molecular complexity index is 1320. The molecule has 0 saturated carbocycles. The third kappa shape index (κ3) is 7.37. The number of benzene rings is 5. The highest BCUT2D eigenvalue weighted by Crippen LogP contribution is 2.40. The number of nitrogens with two attached hydrogens (primary N) is 1. The normalized spacial score (nSPS) is 13.0. The molecule has 0 aliphatic rings. The average Bonchev–Trinajstić information content (AvgIpc) is 3.05. The Kier molecular flexibility index (Phi) is 10.1. The number of rotatable bonds is 14. The molecule has 0 fully saturated rings. The van der Waals surface area contributed by atoms with Gasteiger partial charge in [-0.1, -0.05) is 152 Å². The molecule has 0 aromatic heterocycles. The van der Waals surface area contributed by atoms with Crippen molar-refractivity contribution in [1.82, 2.24) is 0 Å². The fourth-order valence-corrected chi connectivity index (χ4v) is 5.04. The van der Waals surface area contributed by atoms with Gasteiger partial charge in [0.15, 0.2) is 0 Å². The molecule has 0 unspecified atom stereocenters. The predicted molar refractivity (Wildman–Crippen MR) is 164 cm³/mol. The van der Waals surface area contributed by atoms with Gasteiger partial charge in [-0.25, -0.2) is 0 Å². The van der Waals surface area contributed by atoms with Crippen molar-refractivity contribution in [1.29, 1.82) is 0 Å². The molecule has 0 bridgehead atoms. The van der Waals surface area contributed by atoms with E-state index in [0.29, 0.717) is 19.8 Å². The molecule has 0 heterocycles. The molecule has 0 spiro atoms. The van der Waals surface area contributed by atoms with Gasteiger partial charge in [-0.05, 0) is 27.8 Å². The van der Waals surface area contributed by atoms with Gasteiger partial charge >= 0.3 is 0 Å². The number of ether oxygens (including phenoxy) is 3. The van der Waals surface area contributed by atoms with E-state index in [1.807, 2.05) is 91.0 Å². The van der Waals surface area contributed by atoms with Crippen LogP contribution in [0.2, 0.25) is 0 Å². The molecule has 0 amide bonds. The van der Waals surface area contributed by atoms with E-state index >= 15 is 0 Å². The minimum atomic E-state index is -0.851. The van der Waals surface area contributed by atoms with Crippen LogP contribution < -0.4 is 5.73 Å². The maximum Gasteiger partial charge on any atom is 0.143 e. The van der Waals surface area contributed by atoms with Crippen molar-refractivity contribution in [2.75, 3.05) is 13.2 Å². The van der Waals surface area contributed by atoms with E-state index in [4.69, 9.17) is 19.9 Å². The van der Waals surface area contributed by atoms with Gasteiger partial charge in [0.2, 0.25) is 0 Å². The third-order valence-electron chi connectivity index (χ3n) is 7.21. The summed E-state index contributed by atoms with van der Waals surface area (Å²) in [4.78, 5) is 0. The largest absolute Gasteiger partial charge is 0.374 e. The van der Waals surface area contributed by atoms with Crippen LogP contribution >= 0.6 is 0 Å². The van der Waals surface area contributed by atoms with Crippen LogP contribution in [0, 0.1) is 0 Å². The third-order valence-corrected chi connectivity index (χ3v) is 7.21. The first-order chi connectivity index (χ1) is 20.3. The summed E-state index contributed by atoms with van der Waals surface area (Å²) in [6, 6.07) is 50.8. The van der Waals surface area contributed by atoms with Gasteiger partial charge in [0, 0.05) is 0 Å². The van der Waals surface area contributed by atoms with Crippen LogP contribution in [-0.2, 0) is 33.0 Å². The molecule has 5 aromatic carbocycles. The molecule has 0 aliphatic carbocycles. The first-order valence-electron chi connectivity index (χ1n) is 14.1. The summed E-state index contributed by atoms with van der Waals surface area (Å²) in [5, 5.41) is 0. The van der Waals surface area contributed by atoms with Crippen LogP contribution in [0.1, 0.15) is 27.8 Å². The summed E-state index contributed by atoms with van der Waals surface area (Å²) < 4.78 is 19.5. The maximum atomic E-state index is 6.99. The Morgan fingerprint density at radius 1 is 0.488 bits per heavy atom. The highest BCUT2D eigenvalue weighted by molar-refractivity contribution is 5.47. The standard InChI is InChI=1S/C37H37NO3/c38-35(36(40-27-31-18-8-2-9-19-31)29-39-26-30-16-6-1-7-17-30)28-41-37(32-20-10-3-11-21-32,33-22-12-4-13-23-33)34-24-14-5-15-25-34/h1-25,35-36H,26-29,38H2/t35-,36+/m0/s1. The topological polar surface area (TPSA) is 53.7 Å². The van der Waals surface area contributed by atoms with E-state index in [1.165, 1.54) is 0 Å². The first-order valence-corrected chi connectivity index (χ1v) is 14.1. The molecule has 4 nitrogen and oxygen atoms in total. The van der Waals surface area contributed by atoms with Crippen LogP contribution in [0.15, 0.2) is 152 Å². The second-order valence-electron chi connectivity index (χ2n) is 10.1. The van der Waals surface area contributed by atoms with E-state index < -0.39 is 11.6 Å². The van der Waals surface area contributed by atoms with E-state index in [2.05, 4.69) is 60.7 Å². The molecule has 41 heavy (non-hydrogen) atoms. The van der Waals surface area contributed by atoms with Gasteiger partial charge in [0.1, 0.15) is 5.60 Å². The van der Waals surface area contributed by atoms with Crippen molar-refractivity contribution in [3.63, 3.8) is 0 Å². The molecule has 0 aliphatic heterocycles. The zero-order chi connectivity index (χ0) is 28.2. The second-order valence-corrected chi connectivity index (χ2v) is 10.1. The zero-order valence-corrected chi connectivity index (χ0v) is 23.2. The van der Waals surface area contributed by atoms with Crippen molar-refractivity contribution in [3.05, 3.63) is 179 Å². The summed E-state index contributed by atoms with van der Waals surface area (Å²) in [5.74, 6) is 0. The lowest BCUT2D eigenvalue weighted by molar-refractivity contribution is -0.0714. The van der Waals surface area contributed by atoms with Crippen molar-refractivity contribution < 1.29 is 14.2 Å². The Labute approximate surface area is 243 Å². The van der Waals surface area contributed by atoms with Gasteiger partial charge in [0.25, 0.3) is 0 Å². The minimum absolute atomic E-state index is 0.257. The first kappa shape index (κ1) is 28.5. The summed E-state index contributed by atoms with van der Waals surface area (Å²) in [6.07, 6.45) is -0.376. The fourth-order valence-electron chi connectivity index (χ4n) is 5.04. The molecule has 208 valence electrons. The summed E-state index contributed by atoms with van der Waals surface area (Å²) in [6.45, 7) is 1.53. The highest BCUT2D eigenvalue weighted by atomic mass is 16.5. The maximum absolute atomic E-state index is 6.99. The van der Waals surface area contributed by atoms with Gasteiger partial charge in [0.05, 0.1) is 38.6 Å². The van der Waals surface area contributed by atoms with Gasteiger partial charge in [-0.3, -0.25) is 0 Å². The van der Waals surface area contributed by atoms with Crippen molar-refractivity contribution in [2.24, 2.45) is 5.73 Å². The Morgan fingerprint density at radius 3 is 1.32 bits per heavy atom. The van der Waals surface area contributed by atoms with Gasteiger partial charge in [-0.2, -0.15) is 0 Å². The molecular weight excluding hydrogens is 506 g/mol. The van der Waals surface area contributed by atoms with Crippen LogP contribution in [0.3, 0.4) is 0 Å². The molecule has 4 heteroatoms. The molecular formula is C37H37NO3. The Balaban J connectivity index is 1.40. The number of hydrogen-bond donors (Lipinski definition) is 1. The molecule has 0 radical (unpaired) electrons.